The standard InChI is InChI=1S/C18H23F3N6O2/c1-3-29-13-10-12(22-16-23-14(18(19,20)21)24-27(13)16)11-26-8-5-17(6-9-26)4-7-25(2)15(17)28/h10H,3-9,11H2,1-2H3. The Morgan fingerprint density at radius 2 is 1.86 bits per heavy atom. The van der Waals surface area contributed by atoms with Gasteiger partial charge in [0.1, 0.15) is 0 Å². The molecule has 8 nitrogen and oxygen atoms in total. The van der Waals surface area contributed by atoms with Crippen LogP contribution in [0.1, 0.15) is 37.7 Å². The Balaban J connectivity index is 1.53. The van der Waals surface area contributed by atoms with Crippen molar-refractivity contribution >= 4 is 11.7 Å². The van der Waals surface area contributed by atoms with Crippen molar-refractivity contribution in [2.75, 3.05) is 33.3 Å². The van der Waals surface area contributed by atoms with E-state index < -0.39 is 12.0 Å². The van der Waals surface area contributed by atoms with Gasteiger partial charge < -0.3 is 9.64 Å². The minimum absolute atomic E-state index is 0.139. The Hall–Kier alpha value is -2.43. The first-order valence-corrected chi connectivity index (χ1v) is 9.66. The highest BCUT2D eigenvalue weighted by atomic mass is 19.4. The van der Waals surface area contributed by atoms with Crippen LogP contribution in [0.5, 0.6) is 5.88 Å². The normalized spacial score (nSPS) is 20.2. The maximum atomic E-state index is 13.0. The van der Waals surface area contributed by atoms with Gasteiger partial charge in [-0.1, -0.05) is 0 Å². The summed E-state index contributed by atoms with van der Waals surface area (Å²) in [5, 5.41) is 3.49. The summed E-state index contributed by atoms with van der Waals surface area (Å²) >= 11 is 0. The molecule has 0 bridgehead atoms. The number of rotatable bonds is 4. The Bertz CT molecular complexity index is 920. The molecule has 11 heteroatoms. The number of likely N-dealkylation sites (tertiary alicyclic amines) is 2. The molecule has 4 heterocycles. The number of aromatic nitrogens is 4. The lowest BCUT2D eigenvalue weighted by Crippen LogP contribution is -2.43. The van der Waals surface area contributed by atoms with Crippen LogP contribution in [-0.4, -0.2) is 68.6 Å². The molecule has 158 valence electrons. The second-order valence-corrected chi connectivity index (χ2v) is 7.70. The average Bonchev–Trinajstić information content (AvgIpc) is 3.22. The molecular weight excluding hydrogens is 389 g/mol. The van der Waals surface area contributed by atoms with E-state index in [0.29, 0.717) is 12.2 Å². The molecule has 2 saturated heterocycles. The zero-order chi connectivity index (χ0) is 20.8. The van der Waals surface area contributed by atoms with Crippen LogP contribution in [0, 0.1) is 5.41 Å². The molecule has 2 aromatic rings. The Kier molecular flexibility index (Phi) is 4.88. The Morgan fingerprint density at radius 3 is 2.45 bits per heavy atom. The van der Waals surface area contributed by atoms with Crippen molar-refractivity contribution in [3.63, 3.8) is 0 Å². The quantitative estimate of drug-likeness (QED) is 0.765. The molecule has 0 aliphatic carbocycles. The maximum absolute atomic E-state index is 13.0. The van der Waals surface area contributed by atoms with Gasteiger partial charge in [0.15, 0.2) is 0 Å². The lowest BCUT2D eigenvalue weighted by molar-refractivity contribution is -0.144. The molecule has 0 radical (unpaired) electrons. The number of carbonyl (C=O) groups excluding carboxylic acids is 1. The van der Waals surface area contributed by atoms with Crippen LogP contribution in [0.3, 0.4) is 0 Å². The summed E-state index contributed by atoms with van der Waals surface area (Å²) in [6.07, 6.45) is -2.21. The van der Waals surface area contributed by atoms with Crippen LogP contribution < -0.4 is 4.74 Å². The van der Waals surface area contributed by atoms with Crippen LogP contribution in [0.4, 0.5) is 13.2 Å². The summed E-state index contributed by atoms with van der Waals surface area (Å²) in [6, 6.07) is 1.60. The maximum Gasteiger partial charge on any atom is 0.453 e. The zero-order valence-corrected chi connectivity index (χ0v) is 16.4. The largest absolute Gasteiger partial charge is 0.478 e. The number of hydrogen-bond acceptors (Lipinski definition) is 6. The number of piperidine rings is 1. The number of halogens is 3. The SMILES string of the molecule is CCOc1cc(CN2CCC3(CC2)CCN(C)C3=O)nc2nc(C(F)(F)F)nn12. The van der Waals surface area contributed by atoms with Crippen molar-refractivity contribution in [2.24, 2.45) is 5.41 Å². The third kappa shape index (κ3) is 3.63. The average molecular weight is 412 g/mol. The predicted molar refractivity (Wildman–Crippen MR) is 96.2 cm³/mol. The van der Waals surface area contributed by atoms with Gasteiger partial charge in [0.2, 0.25) is 11.8 Å². The Morgan fingerprint density at radius 1 is 1.17 bits per heavy atom. The molecule has 29 heavy (non-hydrogen) atoms. The highest BCUT2D eigenvalue weighted by Crippen LogP contribution is 2.41. The number of ether oxygens (including phenoxy) is 1. The second kappa shape index (κ2) is 7.12. The molecule has 0 N–H and O–H groups in total. The monoisotopic (exact) mass is 412 g/mol. The first-order valence-electron chi connectivity index (χ1n) is 9.66. The summed E-state index contributed by atoms with van der Waals surface area (Å²) in [5.74, 6) is -0.985. The van der Waals surface area contributed by atoms with Crippen molar-refractivity contribution in [3.8, 4) is 5.88 Å². The summed E-state index contributed by atoms with van der Waals surface area (Å²) in [4.78, 5) is 24.2. The molecule has 1 amide bonds. The van der Waals surface area contributed by atoms with Gasteiger partial charge in [-0.3, -0.25) is 9.69 Å². The summed E-state index contributed by atoms with van der Waals surface area (Å²) in [6.45, 7) is 4.73. The highest BCUT2D eigenvalue weighted by molar-refractivity contribution is 5.84. The number of hydrogen-bond donors (Lipinski definition) is 0. The van der Waals surface area contributed by atoms with Crippen molar-refractivity contribution in [3.05, 3.63) is 17.6 Å². The number of carbonyl (C=O) groups is 1. The molecule has 0 unspecified atom stereocenters. The van der Waals surface area contributed by atoms with E-state index in [9.17, 15) is 18.0 Å². The predicted octanol–water partition coefficient (Wildman–Crippen LogP) is 1.99. The number of nitrogens with zero attached hydrogens (tertiary/aromatic N) is 6. The van der Waals surface area contributed by atoms with Gasteiger partial charge in [-0.15, -0.1) is 5.10 Å². The van der Waals surface area contributed by atoms with E-state index in [-0.39, 0.29) is 29.6 Å². The zero-order valence-electron chi connectivity index (χ0n) is 16.4. The van der Waals surface area contributed by atoms with E-state index in [2.05, 4.69) is 20.0 Å². The summed E-state index contributed by atoms with van der Waals surface area (Å²) < 4.78 is 45.4. The first-order chi connectivity index (χ1) is 13.7. The molecule has 2 aliphatic heterocycles. The third-order valence-corrected chi connectivity index (χ3v) is 5.80. The molecule has 4 rings (SSSR count). The van der Waals surface area contributed by atoms with E-state index >= 15 is 0 Å². The van der Waals surface area contributed by atoms with Gasteiger partial charge in [0.25, 0.3) is 11.6 Å². The van der Waals surface area contributed by atoms with Gasteiger partial charge in [-0.25, -0.2) is 4.98 Å². The van der Waals surface area contributed by atoms with E-state index in [1.807, 2.05) is 7.05 Å². The summed E-state index contributed by atoms with van der Waals surface area (Å²) in [7, 11) is 1.84. The molecule has 1 spiro atoms. The van der Waals surface area contributed by atoms with Crippen molar-refractivity contribution < 1.29 is 22.7 Å². The van der Waals surface area contributed by atoms with Crippen LogP contribution >= 0.6 is 0 Å². The van der Waals surface area contributed by atoms with Gasteiger partial charge in [-0.05, 0) is 39.3 Å². The fourth-order valence-corrected chi connectivity index (χ4v) is 4.17. The lowest BCUT2D eigenvalue weighted by atomic mass is 9.77. The van der Waals surface area contributed by atoms with Crippen molar-refractivity contribution in [2.45, 2.75) is 38.9 Å². The van der Waals surface area contributed by atoms with Crippen molar-refractivity contribution in [1.29, 1.82) is 0 Å². The van der Waals surface area contributed by atoms with Crippen LogP contribution in [-0.2, 0) is 17.5 Å². The van der Waals surface area contributed by atoms with Crippen molar-refractivity contribution in [1.82, 2.24) is 29.4 Å². The van der Waals surface area contributed by atoms with E-state index in [0.717, 1.165) is 43.4 Å². The van der Waals surface area contributed by atoms with Gasteiger partial charge >= 0.3 is 6.18 Å². The van der Waals surface area contributed by atoms with E-state index in [4.69, 9.17) is 4.74 Å². The molecule has 2 aromatic heterocycles. The fourth-order valence-electron chi connectivity index (χ4n) is 4.17. The smallest absolute Gasteiger partial charge is 0.453 e. The molecule has 2 fully saturated rings. The number of alkyl halides is 3. The topological polar surface area (TPSA) is 75.9 Å². The van der Waals surface area contributed by atoms with E-state index in [1.54, 1.807) is 17.9 Å². The lowest BCUT2D eigenvalue weighted by Gasteiger charge is -2.37. The summed E-state index contributed by atoms with van der Waals surface area (Å²) in [5.41, 5.74) is 0.307. The molecule has 0 aromatic carbocycles. The molecule has 0 saturated carbocycles. The molecule has 0 atom stereocenters. The molecule has 2 aliphatic rings. The fraction of sp³-hybridized carbons (Fsp3) is 0.667. The second-order valence-electron chi connectivity index (χ2n) is 7.70. The number of amides is 1. The molecular formula is C18H23F3N6O2. The van der Waals surface area contributed by atoms with Crippen LogP contribution in [0.2, 0.25) is 0 Å². The highest BCUT2D eigenvalue weighted by Gasteiger charge is 2.46. The number of fused-ring (bicyclic) bond motifs is 1. The van der Waals surface area contributed by atoms with Gasteiger partial charge in [-0.2, -0.15) is 22.7 Å². The van der Waals surface area contributed by atoms with Gasteiger partial charge in [0, 0.05) is 26.2 Å². The first kappa shape index (κ1) is 19.9. The third-order valence-electron chi connectivity index (χ3n) is 5.80. The van der Waals surface area contributed by atoms with Crippen LogP contribution in [0.15, 0.2) is 6.07 Å². The minimum Gasteiger partial charge on any atom is -0.478 e. The van der Waals surface area contributed by atoms with E-state index in [1.165, 1.54) is 0 Å². The minimum atomic E-state index is -4.65. The van der Waals surface area contributed by atoms with Gasteiger partial charge in [0.05, 0.1) is 17.7 Å². The Labute approximate surface area is 165 Å². The van der Waals surface area contributed by atoms with Crippen LogP contribution in [0.25, 0.3) is 5.78 Å².